The monoisotopic (exact) mass is 348 g/mol. The second kappa shape index (κ2) is 12.3. The SMILES string of the molecule is CCC(c1ccc(S(=O)(=O)[O-])cc1)C(C(=O)[O-])C(C)C(=O)[O-].[Li+].[Li+].[Li+]. The number of hydrogen-bond acceptors (Lipinski definition) is 7. The Kier molecular flexibility index (Phi) is 14.6. The topological polar surface area (TPSA) is 137 Å². The van der Waals surface area contributed by atoms with Crippen LogP contribution in [0.2, 0.25) is 0 Å². The number of aliphatic carboxylic acids is 2. The smallest absolute Gasteiger partial charge is 0.744 e. The average molecular weight is 348 g/mol. The first-order valence-electron chi connectivity index (χ1n) is 6.57. The van der Waals surface area contributed by atoms with Crippen molar-refractivity contribution in [1.29, 1.82) is 0 Å². The van der Waals surface area contributed by atoms with Gasteiger partial charge in [0.25, 0.3) is 0 Å². The van der Waals surface area contributed by atoms with Gasteiger partial charge < -0.3 is 24.4 Å². The van der Waals surface area contributed by atoms with Crippen LogP contribution in [0.1, 0.15) is 31.7 Å². The molecule has 0 heterocycles. The molecule has 11 heteroatoms. The Morgan fingerprint density at radius 3 is 1.72 bits per heavy atom. The first-order chi connectivity index (χ1) is 10.1. The number of benzene rings is 1. The van der Waals surface area contributed by atoms with E-state index in [0.717, 1.165) is 12.1 Å². The first kappa shape index (κ1) is 29.6. The molecule has 3 atom stereocenters. The summed E-state index contributed by atoms with van der Waals surface area (Å²) in [5.41, 5.74) is 0.414. The van der Waals surface area contributed by atoms with Crippen molar-refractivity contribution in [2.75, 3.05) is 0 Å². The molecule has 0 aromatic heterocycles. The number of hydrogen-bond donors (Lipinski definition) is 0. The third kappa shape index (κ3) is 7.96. The molecule has 0 aliphatic carbocycles. The number of rotatable bonds is 7. The van der Waals surface area contributed by atoms with Crippen LogP contribution in [0.25, 0.3) is 0 Å². The van der Waals surface area contributed by atoms with Crippen LogP contribution in [0, 0.1) is 11.8 Å². The summed E-state index contributed by atoms with van der Waals surface area (Å²) in [6.45, 7) is 2.88. The zero-order valence-corrected chi connectivity index (χ0v) is 15.8. The Bertz CT molecular complexity index is 662. The molecule has 0 saturated carbocycles. The Balaban J connectivity index is -0.00000161. The van der Waals surface area contributed by atoms with Crippen molar-refractivity contribution in [3.05, 3.63) is 29.8 Å². The zero-order valence-electron chi connectivity index (χ0n) is 15.0. The molecule has 1 aromatic rings. The summed E-state index contributed by atoms with van der Waals surface area (Å²) in [5.74, 6) is -6.35. The molecule has 0 radical (unpaired) electrons. The van der Waals surface area contributed by atoms with Crippen LogP contribution in [0.5, 0.6) is 0 Å². The third-order valence-corrected chi connectivity index (χ3v) is 4.50. The normalized spacial score (nSPS) is 13.9. The van der Waals surface area contributed by atoms with E-state index in [2.05, 4.69) is 0 Å². The van der Waals surface area contributed by atoms with Gasteiger partial charge in [0.15, 0.2) is 0 Å². The molecule has 0 amide bonds. The van der Waals surface area contributed by atoms with Crippen molar-refractivity contribution in [2.24, 2.45) is 11.8 Å². The van der Waals surface area contributed by atoms with Crippen LogP contribution in [0.15, 0.2) is 29.2 Å². The van der Waals surface area contributed by atoms with Crippen molar-refractivity contribution < 1.29 is 89.4 Å². The first-order valence-corrected chi connectivity index (χ1v) is 7.98. The van der Waals surface area contributed by atoms with E-state index in [1.807, 2.05) is 0 Å². The summed E-state index contributed by atoms with van der Waals surface area (Å²) in [6, 6.07) is 4.74. The molecule has 0 N–H and O–H groups in total. The van der Waals surface area contributed by atoms with E-state index < -0.39 is 44.7 Å². The van der Waals surface area contributed by atoms with Crippen molar-refractivity contribution in [3.63, 3.8) is 0 Å². The number of carboxylic acids is 2. The Hall–Kier alpha value is -0.138. The van der Waals surface area contributed by atoms with Gasteiger partial charge in [-0.25, -0.2) is 8.42 Å². The molecule has 7 nitrogen and oxygen atoms in total. The van der Waals surface area contributed by atoms with Crippen molar-refractivity contribution in [2.45, 2.75) is 31.1 Å². The number of carboxylic acid groups (broad SMARTS) is 2. The van der Waals surface area contributed by atoms with E-state index in [9.17, 15) is 32.8 Å². The third-order valence-electron chi connectivity index (χ3n) is 3.65. The maximum Gasteiger partial charge on any atom is 1.00 e. The predicted octanol–water partition coefficient (Wildman–Crippen LogP) is -10.2. The molecule has 1 rings (SSSR count). The van der Waals surface area contributed by atoms with E-state index in [1.165, 1.54) is 19.1 Å². The van der Waals surface area contributed by atoms with Gasteiger partial charge in [0, 0.05) is 23.8 Å². The van der Waals surface area contributed by atoms with E-state index >= 15 is 0 Å². The maximum atomic E-state index is 11.3. The van der Waals surface area contributed by atoms with Crippen molar-refractivity contribution >= 4 is 22.1 Å². The quantitative estimate of drug-likeness (QED) is 0.352. The molecule has 1 aromatic carbocycles. The van der Waals surface area contributed by atoms with E-state index in [1.54, 1.807) is 6.92 Å². The van der Waals surface area contributed by atoms with Gasteiger partial charge in [-0.2, -0.15) is 0 Å². The zero-order chi connectivity index (χ0) is 17.1. The average Bonchev–Trinajstić information content (AvgIpc) is 2.42. The minimum Gasteiger partial charge on any atom is -0.744 e. The number of carbonyl (C=O) groups is 2. The van der Waals surface area contributed by atoms with Gasteiger partial charge in [-0.15, -0.1) is 0 Å². The van der Waals surface area contributed by atoms with Crippen LogP contribution >= 0.6 is 0 Å². The Labute approximate surface area is 183 Å². The molecule has 3 unspecified atom stereocenters. The standard InChI is InChI=1S/C14H18O7S.3Li/c1-3-11(12(14(17)18)8(2)13(15)16)9-4-6-10(7-5-9)22(19,20)21;;;/h4-8,11-12H,3H2,1-2H3,(H,15,16)(H,17,18)(H,19,20,21);;;/q;3*+1/p-3. The van der Waals surface area contributed by atoms with Gasteiger partial charge in [0.05, 0.1) is 4.90 Å². The molecule has 0 bridgehead atoms. The summed E-state index contributed by atoms with van der Waals surface area (Å²) >= 11 is 0. The van der Waals surface area contributed by atoms with Gasteiger partial charge in [-0.3, -0.25) is 0 Å². The molecular formula is C14H15Li3O7S. The molecule has 122 valence electrons. The fourth-order valence-corrected chi connectivity index (χ4v) is 2.91. The minimum atomic E-state index is -4.60. The molecule has 0 saturated heterocycles. The molecule has 0 aliphatic heterocycles. The van der Waals surface area contributed by atoms with Crippen molar-refractivity contribution in [3.8, 4) is 0 Å². The van der Waals surface area contributed by atoms with Crippen molar-refractivity contribution in [1.82, 2.24) is 0 Å². The van der Waals surface area contributed by atoms with Crippen LogP contribution in [-0.4, -0.2) is 24.9 Å². The molecule has 0 fully saturated rings. The van der Waals surface area contributed by atoms with Gasteiger partial charge in [0.1, 0.15) is 10.1 Å². The second-order valence-corrected chi connectivity index (χ2v) is 6.37. The van der Waals surface area contributed by atoms with E-state index in [-0.39, 0.29) is 56.6 Å². The maximum absolute atomic E-state index is 11.3. The van der Waals surface area contributed by atoms with Gasteiger partial charge >= 0.3 is 56.6 Å². The molecular weight excluding hydrogens is 333 g/mol. The second-order valence-electron chi connectivity index (χ2n) is 4.99. The Morgan fingerprint density at radius 1 is 1.00 bits per heavy atom. The summed E-state index contributed by atoms with van der Waals surface area (Å²) in [5, 5.41) is 22.3. The van der Waals surface area contributed by atoms with Gasteiger partial charge in [0.2, 0.25) is 0 Å². The van der Waals surface area contributed by atoms with Crippen LogP contribution in [0.4, 0.5) is 0 Å². The Morgan fingerprint density at radius 2 is 1.44 bits per heavy atom. The van der Waals surface area contributed by atoms with Crippen LogP contribution in [0.3, 0.4) is 0 Å². The fourth-order valence-electron chi connectivity index (χ4n) is 2.44. The van der Waals surface area contributed by atoms with E-state index in [4.69, 9.17) is 0 Å². The van der Waals surface area contributed by atoms with E-state index in [0.29, 0.717) is 12.0 Å². The molecule has 0 aliphatic rings. The van der Waals surface area contributed by atoms with Gasteiger partial charge in [-0.1, -0.05) is 26.0 Å². The van der Waals surface area contributed by atoms with Gasteiger partial charge in [-0.05, 0) is 30.0 Å². The predicted molar refractivity (Wildman–Crippen MR) is 70.1 cm³/mol. The molecule has 25 heavy (non-hydrogen) atoms. The number of carbonyl (C=O) groups excluding carboxylic acids is 2. The summed E-state index contributed by atoms with van der Waals surface area (Å²) < 4.78 is 32.6. The minimum absolute atomic E-state index is 0. The summed E-state index contributed by atoms with van der Waals surface area (Å²) in [6.07, 6.45) is 0.291. The summed E-state index contributed by atoms with van der Waals surface area (Å²) in [4.78, 5) is 21.8. The van der Waals surface area contributed by atoms with Crippen LogP contribution in [-0.2, 0) is 19.7 Å². The fraction of sp³-hybridized carbons (Fsp3) is 0.429. The molecule has 0 spiro atoms. The largest absolute Gasteiger partial charge is 1.00 e. The van der Waals surface area contributed by atoms with Crippen LogP contribution < -0.4 is 66.8 Å². The summed E-state index contributed by atoms with van der Waals surface area (Å²) in [7, 11) is -4.60.